The van der Waals surface area contributed by atoms with Crippen LogP contribution in [-0.4, -0.2) is 26.8 Å². The quantitative estimate of drug-likeness (QED) is 0.645. The van der Waals surface area contributed by atoms with E-state index >= 15 is 0 Å². The van der Waals surface area contributed by atoms with Gasteiger partial charge in [-0.1, -0.05) is 28.1 Å². The van der Waals surface area contributed by atoms with Gasteiger partial charge >= 0.3 is 0 Å². The molecule has 1 atom stereocenters. The van der Waals surface area contributed by atoms with Gasteiger partial charge < -0.3 is 16.0 Å². The summed E-state index contributed by atoms with van der Waals surface area (Å²) in [4.78, 5) is 35.1. The molecule has 2 amide bonds. The minimum Gasteiger partial charge on any atom is -0.368 e. The number of fused-ring (bicyclic) bond motifs is 1. The second-order valence-electron chi connectivity index (χ2n) is 4.82. The van der Waals surface area contributed by atoms with Crippen molar-refractivity contribution in [3.05, 3.63) is 58.6 Å². The van der Waals surface area contributed by atoms with Crippen LogP contribution >= 0.6 is 15.9 Å². The molecule has 0 spiro atoms. The van der Waals surface area contributed by atoms with Crippen LogP contribution < -0.4 is 11.1 Å². The van der Waals surface area contributed by atoms with Gasteiger partial charge in [-0.2, -0.15) is 0 Å². The lowest BCUT2D eigenvalue weighted by atomic mass is 10.1. The summed E-state index contributed by atoms with van der Waals surface area (Å²) in [6, 6.07) is 7.72. The topological polar surface area (TPSA) is 114 Å². The van der Waals surface area contributed by atoms with Crippen molar-refractivity contribution in [2.24, 2.45) is 5.73 Å². The molecule has 0 fully saturated rings. The Kier molecular flexibility index (Phi) is 4.07. The number of halogens is 1. The number of nitrogens with zero attached hydrogens (tertiary/aromatic N) is 2. The van der Waals surface area contributed by atoms with Crippen LogP contribution in [0.25, 0.3) is 11.0 Å². The van der Waals surface area contributed by atoms with Crippen molar-refractivity contribution in [2.75, 3.05) is 0 Å². The van der Waals surface area contributed by atoms with Crippen LogP contribution in [0, 0.1) is 0 Å². The second kappa shape index (κ2) is 6.17. The Morgan fingerprint density at radius 3 is 2.61 bits per heavy atom. The van der Waals surface area contributed by atoms with E-state index in [1.165, 1.54) is 6.33 Å². The van der Waals surface area contributed by atoms with E-state index in [0.717, 1.165) is 4.47 Å². The average molecular weight is 374 g/mol. The molecule has 4 N–H and O–H groups in total. The SMILES string of the molecule is NC(=O)[C@@H](NC(=O)c1ncnc2[nH]ccc12)c1ccc(Br)cc1. The monoisotopic (exact) mass is 373 g/mol. The number of hydrogen-bond acceptors (Lipinski definition) is 4. The van der Waals surface area contributed by atoms with E-state index < -0.39 is 17.9 Å². The van der Waals surface area contributed by atoms with Crippen molar-refractivity contribution in [1.82, 2.24) is 20.3 Å². The van der Waals surface area contributed by atoms with Gasteiger partial charge in [-0.05, 0) is 23.8 Å². The van der Waals surface area contributed by atoms with Gasteiger partial charge in [-0.25, -0.2) is 9.97 Å². The fourth-order valence-corrected chi connectivity index (χ4v) is 2.49. The molecule has 3 aromatic rings. The number of hydrogen-bond donors (Lipinski definition) is 3. The predicted molar refractivity (Wildman–Crippen MR) is 87.4 cm³/mol. The van der Waals surface area contributed by atoms with Crippen molar-refractivity contribution in [3.8, 4) is 0 Å². The summed E-state index contributed by atoms with van der Waals surface area (Å²) >= 11 is 3.32. The first-order valence-corrected chi connectivity index (χ1v) is 7.49. The highest BCUT2D eigenvalue weighted by atomic mass is 79.9. The summed E-state index contributed by atoms with van der Waals surface area (Å²) in [7, 11) is 0. The molecule has 2 heterocycles. The van der Waals surface area contributed by atoms with Gasteiger partial charge in [0.15, 0.2) is 0 Å². The van der Waals surface area contributed by atoms with Crippen LogP contribution in [0.4, 0.5) is 0 Å². The highest BCUT2D eigenvalue weighted by Crippen LogP contribution is 2.18. The third-order valence-electron chi connectivity index (χ3n) is 3.33. The fraction of sp³-hybridized carbons (Fsp3) is 0.0667. The van der Waals surface area contributed by atoms with Gasteiger partial charge in [0.2, 0.25) is 5.91 Å². The van der Waals surface area contributed by atoms with Crippen LogP contribution in [0.3, 0.4) is 0 Å². The van der Waals surface area contributed by atoms with Gasteiger partial charge in [0, 0.05) is 10.7 Å². The molecule has 8 heteroatoms. The summed E-state index contributed by atoms with van der Waals surface area (Å²) in [5.41, 5.74) is 6.74. The number of aromatic amines is 1. The zero-order valence-corrected chi connectivity index (χ0v) is 13.4. The minimum absolute atomic E-state index is 0.180. The molecular weight excluding hydrogens is 362 g/mol. The van der Waals surface area contributed by atoms with E-state index in [1.807, 2.05) is 0 Å². The maximum Gasteiger partial charge on any atom is 0.271 e. The Balaban J connectivity index is 1.91. The van der Waals surface area contributed by atoms with E-state index in [-0.39, 0.29) is 5.69 Å². The smallest absolute Gasteiger partial charge is 0.271 e. The van der Waals surface area contributed by atoms with Gasteiger partial charge in [0.1, 0.15) is 23.7 Å². The molecule has 1 aromatic carbocycles. The summed E-state index contributed by atoms with van der Waals surface area (Å²) in [6.07, 6.45) is 2.95. The minimum atomic E-state index is -0.945. The van der Waals surface area contributed by atoms with Gasteiger partial charge in [-0.15, -0.1) is 0 Å². The highest BCUT2D eigenvalue weighted by Gasteiger charge is 2.23. The van der Waals surface area contributed by atoms with Crippen LogP contribution in [0.2, 0.25) is 0 Å². The van der Waals surface area contributed by atoms with Crippen LogP contribution in [0.5, 0.6) is 0 Å². The third kappa shape index (κ3) is 3.07. The summed E-state index contributed by atoms with van der Waals surface area (Å²) in [5.74, 6) is -1.15. The molecule has 0 aliphatic heterocycles. The zero-order chi connectivity index (χ0) is 16.4. The summed E-state index contributed by atoms with van der Waals surface area (Å²) < 4.78 is 0.862. The maximum atomic E-state index is 12.5. The van der Waals surface area contributed by atoms with Crippen molar-refractivity contribution in [3.63, 3.8) is 0 Å². The summed E-state index contributed by atoms with van der Waals surface area (Å²) in [5, 5.41) is 3.19. The molecule has 0 unspecified atom stereocenters. The molecule has 0 radical (unpaired) electrons. The molecule has 2 aromatic heterocycles. The molecule has 0 bridgehead atoms. The number of carbonyl (C=O) groups is 2. The molecule has 0 saturated heterocycles. The molecule has 0 saturated carbocycles. The normalized spacial score (nSPS) is 12.0. The van der Waals surface area contributed by atoms with E-state index in [0.29, 0.717) is 16.6 Å². The molecule has 0 aliphatic rings. The van der Waals surface area contributed by atoms with E-state index in [9.17, 15) is 9.59 Å². The number of nitrogens with one attached hydrogen (secondary N) is 2. The highest BCUT2D eigenvalue weighted by molar-refractivity contribution is 9.10. The second-order valence-corrected chi connectivity index (χ2v) is 5.74. The lowest BCUT2D eigenvalue weighted by Crippen LogP contribution is -2.37. The number of carbonyl (C=O) groups excluding carboxylic acids is 2. The lowest BCUT2D eigenvalue weighted by Gasteiger charge is -2.16. The largest absolute Gasteiger partial charge is 0.368 e. The average Bonchev–Trinajstić information content (AvgIpc) is 3.01. The Bertz CT molecular complexity index is 875. The number of nitrogens with two attached hydrogens (primary N) is 1. The molecular formula is C15H12BrN5O2. The molecule has 0 aliphatic carbocycles. The third-order valence-corrected chi connectivity index (χ3v) is 3.86. The fourth-order valence-electron chi connectivity index (χ4n) is 2.23. The Labute approximate surface area is 139 Å². The first kappa shape index (κ1) is 15.2. The molecule has 23 heavy (non-hydrogen) atoms. The lowest BCUT2D eigenvalue weighted by molar-refractivity contribution is -0.120. The molecule has 116 valence electrons. The standard InChI is InChI=1S/C15H12BrN5O2/c16-9-3-1-8(2-4-9)11(13(17)22)21-15(23)12-10-5-6-18-14(10)20-7-19-12/h1-7,11H,(H2,17,22)(H,21,23)(H,18,19,20)/t11-/m0/s1. The summed E-state index contributed by atoms with van der Waals surface area (Å²) in [6.45, 7) is 0. The molecule has 7 nitrogen and oxygen atoms in total. The van der Waals surface area contributed by atoms with Crippen LogP contribution in [-0.2, 0) is 4.79 Å². The Morgan fingerprint density at radius 2 is 1.91 bits per heavy atom. The number of rotatable bonds is 4. The number of primary amides is 1. The number of benzene rings is 1. The van der Waals surface area contributed by atoms with Crippen LogP contribution in [0.15, 0.2) is 47.3 Å². The van der Waals surface area contributed by atoms with Gasteiger partial charge in [0.05, 0.1) is 5.39 Å². The Morgan fingerprint density at radius 1 is 1.17 bits per heavy atom. The first-order chi connectivity index (χ1) is 11.1. The van der Waals surface area contributed by atoms with Crippen molar-refractivity contribution in [1.29, 1.82) is 0 Å². The zero-order valence-electron chi connectivity index (χ0n) is 11.8. The van der Waals surface area contributed by atoms with E-state index in [1.54, 1.807) is 36.5 Å². The number of aromatic nitrogens is 3. The number of amides is 2. The van der Waals surface area contributed by atoms with E-state index in [4.69, 9.17) is 5.73 Å². The van der Waals surface area contributed by atoms with Crippen LogP contribution in [0.1, 0.15) is 22.1 Å². The van der Waals surface area contributed by atoms with Crippen molar-refractivity contribution < 1.29 is 9.59 Å². The predicted octanol–water partition coefficient (Wildman–Crippen LogP) is 1.68. The number of H-pyrrole nitrogens is 1. The maximum absolute atomic E-state index is 12.5. The van der Waals surface area contributed by atoms with Crippen molar-refractivity contribution >= 4 is 38.8 Å². The first-order valence-electron chi connectivity index (χ1n) is 6.70. The Hall–Kier alpha value is -2.74. The van der Waals surface area contributed by atoms with E-state index in [2.05, 4.69) is 36.2 Å². The van der Waals surface area contributed by atoms with Crippen molar-refractivity contribution in [2.45, 2.75) is 6.04 Å². The molecule has 3 rings (SSSR count). The van der Waals surface area contributed by atoms with Gasteiger partial charge in [-0.3, -0.25) is 9.59 Å². The van der Waals surface area contributed by atoms with Gasteiger partial charge in [0.25, 0.3) is 5.91 Å².